The van der Waals surface area contributed by atoms with Crippen LogP contribution in [0.1, 0.15) is 26.2 Å². The first-order valence-electron chi connectivity index (χ1n) is 7.99. The molecule has 4 N–H and O–H groups in total. The number of nitrogens with one attached hydrogen (secondary N) is 2. The third-order valence-electron chi connectivity index (χ3n) is 4.42. The molecule has 1 saturated carbocycles. The van der Waals surface area contributed by atoms with Crippen molar-refractivity contribution in [1.82, 2.24) is 0 Å². The summed E-state index contributed by atoms with van der Waals surface area (Å²) in [6, 6.07) is 7.11. The lowest BCUT2D eigenvalue weighted by Crippen LogP contribution is -2.30. The number of benzene rings is 1. The quantitative estimate of drug-likeness (QED) is 0.747. The Morgan fingerprint density at radius 3 is 2.65 bits per heavy atom. The van der Waals surface area contributed by atoms with E-state index in [9.17, 15) is 9.59 Å². The lowest BCUT2D eigenvalue weighted by molar-refractivity contribution is -0.124. The first-order valence-corrected chi connectivity index (χ1v) is 7.99. The van der Waals surface area contributed by atoms with E-state index in [4.69, 9.17) is 10.5 Å². The van der Waals surface area contributed by atoms with Gasteiger partial charge in [0.25, 0.3) is 5.91 Å². The third kappa shape index (κ3) is 4.53. The summed E-state index contributed by atoms with van der Waals surface area (Å²) in [6.07, 6.45) is 2.41. The average Bonchev–Trinajstić information content (AvgIpc) is 3.03. The third-order valence-corrected chi connectivity index (χ3v) is 4.42. The molecule has 0 saturated heterocycles. The van der Waals surface area contributed by atoms with Crippen molar-refractivity contribution in [3.63, 3.8) is 0 Å². The molecule has 6 heteroatoms. The van der Waals surface area contributed by atoms with E-state index in [0.29, 0.717) is 17.9 Å². The summed E-state index contributed by atoms with van der Waals surface area (Å²) in [5.74, 6) is 0.0221. The van der Waals surface area contributed by atoms with Crippen LogP contribution in [0.4, 0.5) is 11.4 Å². The second-order valence-electron chi connectivity index (χ2n) is 5.97. The fourth-order valence-electron chi connectivity index (χ4n) is 2.92. The first-order chi connectivity index (χ1) is 11.0. The molecule has 1 aliphatic carbocycles. The fraction of sp³-hybridized carbons (Fsp3) is 0.529. The van der Waals surface area contributed by atoms with Crippen molar-refractivity contribution in [3.05, 3.63) is 24.3 Å². The predicted molar refractivity (Wildman–Crippen MR) is 90.1 cm³/mol. The summed E-state index contributed by atoms with van der Waals surface area (Å²) in [5.41, 5.74) is 7.03. The maximum Gasteiger partial charge on any atom is 0.253 e. The van der Waals surface area contributed by atoms with Crippen LogP contribution in [0.3, 0.4) is 0 Å². The SMILES string of the molecule is COC(C)C(=O)Nc1cccc(NC(=O)[C@@H]2CCC[C@@H]2CN)c1. The number of hydrogen-bond donors (Lipinski definition) is 3. The van der Waals surface area contributed by atoms with Gasteiger partial charge in [-0.2, -0.15) is 0 Å². The topological polar surface area (TPSA) is 93.5 Å². The molecule has 126 valence electrons. The first kappa shape index (κ1) is 17.4. The van der Waals surface area contributed by atoms with Gasteiger partial charge >= 0.3 is 0 Å². The van der Waals surface area contributed by atoms with Crippen molar-refractivity contribution in [3.8, 4) is 0 Å². The summed E-state index contributed by atoms with van der Waals surface area (Å²) < 4.78 is 4.98. The van der Waals surface area contributed by atoms with E-state index in [2.05, 4.69) is 10.6 Å². The summed E-state index contributed by atoms with van der Waals surface area (Å²) >= 11 is 0. The zero-order valence-corrected chi connectivity index (χ0v) is 13.7. The van der Waals surface area contributed by atoms with E-state index < -0.39 is 6.10 Å². The Hall–Kier alpha value is -1.92. The van der Waals surface area contributed by atoms with Gasteiger partial charge < -0.3 is 21.1 Å². The van der Waals surface area contributed by atoms with Crippen LogP contribution in [0.25, 0.3) is 0 Å². The molecule has 1 aromatic carbocycles. The van der Waals surface area contributed by atoms with Gasteiger partial charge in [0.05, 0.1) is 0 Å². The maximum absolute atomic E-state index is 12.4. The van der Waals surface area contributed by atoms with E-state index in [1.165, 1.54) is 7.11 Å². The minimum Gasteiger partial charge on any atom is -0.372 e. The van der Waals surface area contributed by atoms with Crippen molar-refractivity contribution in [2.24, 2.45) is 17.6 Å². The van der Waals surface area contributed by atoms with Gasteiger partial charge in [-0.1, -0.05) is 12.5 Å². The highest BCUT2D eigenvalue weighted by Gasteiger charge is 2.31. The second-order valence-corrected chi connectivity index (χ2v) is 5.97. The average molecular weight is 319 g/mol. The van der Waals surface area contributed by atoms with Crippen LogP contribution in [0.2, 0.25) is 0 Å². The molecule has 1 aromatic rings. The van der Waals surface area contributed by atoms with Gasteiger partial charge in [0, 0.05) is 24.4 Å². The van der Waals surface area contributed by atoms with Crippen LogP contribution in [-0.4, -0.2) is 31.6 Å². The Labute approximate surface area is 136 Å². The van der Waals surface area contributed by atoms with Gasteiger partial charge in [0.1, 0.15) is 6.10 Å². The van der Waals surface area contributed by atoms with Gasteiger partial charge in [0.2, 0.25) is 5.91 Å². The molecule has 0 radical (unpaired) electrons. The van der Waals surface area contributed by atoms with Crippen molar-refractivity contribution < 1.29 is 14.3 Å². The van der Waals surface area contributed by atoms with E-state index in [-0.39, 0.29) is 23.7 Å². The highest BCUT2D eigenvalue weighted by atomic mass is 16.5. The summed E-state index contributed by atoms with van der Waals surface area (Å²) in [5, 5.41) is 5.69. The standard InChI is InChI=1S/C17H25N3O3/c1-11(23-2)16(21)19-13-6-4-7-14(9-13)20-17(22)15-8-3-5-12(15)10-18/h4,6-7,9,11-12,15H,3,5,8,10,18H2,1-2H3,(H,19,21)(H,20,22)/t11?,12-,15-/m1/s1. The summed E-state index contributed by atoms with van der Waals surface area (Å²) in [7, 11) is 1.48. The number of amides is 2. The van der Waals surface area contributed by atoms with Crippen molar-refractivity contribution >= 4 is 23.2 Å². The molecule has 0 bridgehead atoms. The molecule has 23 heavy (non-hydrogen) atoms. The zero-order valence-electron chi connectivity index (χ0n) is 13.7. The highest BCUT2D eigenvalue weighted by Crippen LogP contribution is 2.32. The predicted octanol–water partition coefficient (Wildman–Crippen LogP) is 1.97. The number of carbonyl (C=O) groups is 2. The van der Waals surface area contributed by atoms with Crippen LogP contribution in [0.15, 0.2) is 24.3 Å². The molecule has 1 aliphatic rings. The molecule has 0 aromatic heterocycles. The number of anilines is 2. The lowest BCUT2D eigenvalue weighted by atomic mass is 9.95. The van der Waals surface area contributed by atoms with Gasteiger partial charge in [-0.25, -0.2) is 0 Å². The van der Waals surface area contributed by atoms with E-state index >= 15 is 0 Å². The summed E-state index contributed by atoms with van der Waals surface area (Å²) in [4.78, 5) is 24.2. The van der Waals surface area contributed by atoms with E-state index in [1.807, 2.05) is 0 Å². The Morgan fingerprint density at radius 1 is 1.30 bits per heavy atom. The second kappa shape index (κ2) is 8.08. The van der Waals surface area contributed by atoms with Gasteiger partial charge in [-0.3, -0.25) is 9.59 Å². The Bertz CT molecular complexity index is 562. The maximum atomic E-state index is 12.4. The van der Waals surface area contributed by atoms with E-state index in [1.54, 1.807) is 31.2 Å². The van der Waals surface area contributed by atoms with Crippen molar-refractivity contribution in [2.75, 3.05) is 24.3 Å². The Morgan fingerprint density at radius 2 is 2.00 bits per heavy atom. The lowest BCUT2D eigenvalue weighted by Gasteiger charge is -2.18. The number of nitrogens with two attached hydrogens (primary N) is 1. The van der Waals surface area contributed by atoms with Crippen LogP contribution < -0.4 is 16.4 Å². The molecule has 2 amide bonds. The monoisotopic (exact) mass is 319 g/mol. The van der Waals surface area contributed by atoms with Crippen LogP contribution in [0, 0.1) is 11.8 Å². The normalized spacial score (nSPS) is 21.7. The molecule has 0 spiro atoms. The van der Waals surface area contributed by atoms with Crippen molar-refractivity contribution in [1.29, 1.82) is 0 Å². The molecule has 2 rings (SSSR count). The highest BCUT2D eigenvalue weighted by molar-refractivity contribution is 5.96. The number of ether oxygens (including phenoxy) is 1. The molecule has 3 atom stereocenters. The van der Waals surface area contributed by atoms with Crippen LogP contribution in [0.5, 0.6) is 0 Å². The fourth-order valence-corrected chi connectivity index (χ4v) is 2.92. The Balaban J connectivity index is 1.99. The smallest absolute Gasteiger partial charge is 0.253 e. The van der Waals surface area contributed by atoms with E-state index in [0.717, 1.165) is 19.3 Å². The van der Waals surface area contributed by atoms with Crippen LogP contribution in [-0.2, 0) is 14.3 Å². The van der Waals surface area contributed by atoms with Gasteiger partial charge in [-0.05, 0) is 50.4 Å². The number of methoxy groups -OCH3 is 1. The van der Waals surface area contributed by atoms with Crippen molar-refractivity contribution in [2.45, 2.75) is 32.3 Å². The minimum absolute atomic E-state index is 0.00619. The molecule has 0 aliphatic heterocycles. The summed E-state index contributed by atoms with van der Waals surface area (Å²) in [6.45, 7) is 2.22. The number of hydrogen-bond acceptors (Lipinski definition) is 4. The largest absolute Gasteiger partial charge is 0.372 e. The number of rotatable bonds is 6. The molecule has 1 fully saturated rings. The Kier molecular flexibility index (Phi) is 6.12. The minimum atomic E-state index is -0.531. The molecule has 0 heterocycles. The molecule has 6 nitrogen and oxygen atoms in total. The molecule has 1 unspecified atom stereocenters. The molecular formula is C17H25N3O3. The van der Waals surface area contributed by atoms with Gasteiger partial charge in [0.15, 0.2) is 0 Å². The molecular weight excluding hydrogens is 294 g/mol. The number of carbonyl (C=O) groups excluding carboxylic acids is 2. The van der Waals surface area contributed by atoms with Gasteiger partial charge in [-0.15, -0.1) is 0 Å². The van der Waals surface area contributed by atoms with Crippen LogP contribution >= 0.6 is 0 Å². The zero-order chi connectivity index (χ0) is 16.8.